The molecule has 1 aliphatic rings. The number of carbonyl (C=O) groups is 1. The molecular weight excluding hydrogens is 290 g/mol. The van der Waals surface area contributed by atoms with Crippen molar-refractivity contribution in [3.8, 4) is 0 Å². The van der Waals surface area contributed by atoms with E-state index in [0.717, 1.165) is 25.7 Å². The molecule has 1 unspecified atom stereocenters. The molecule has 0 aliphatic heterocycles. The lowest BCUT2D eigenvalue weighted by atomic mass is 9.85. The molecule has 0 radical (unpaired) electrons. The Bertz CT molecular complexity index is 433. The predicted octanol–water partition coefficient (Wildman–Crippen LogP) is 2.62. The largest absolute Gasteiger partial charge is 0.481 e. The molecule has 0 aromatic heterocycles. The Morgan fingerprint density at radius 3 is 2.29 bits per heavy atom. The van der Waals surface area contributed by atoms with E-state index in [4.69, 9.17) is 0 Å². The molecule has 1 saturated carbocycles. The molecule has 124 valence electrons. The average molecular weight is 319 g/mol. The second-order valence-electron chi connectivity index (χ2n) is 7.43. The molecule has 0 aromatic rings. The van der Waals surface area contributed by atoms with Crippen molar-refractivity contribution in [2.45, 2.75) is 59.3 Å². The highest BCUT2D eigenvalue weighted by atomic mass is 32.2. The monoisotopic (exact) mass is 319 g/mol. The van der Waals surface area contributed by atoms with Crippen molar-refractivity contribution in [2.75, 3.05) is 12.3 Å². The van der Waals surface area contributed by atoms with Crippen molar-refractivity contribution in [1.82, 2.24) is 4.72 Å². The SMILES string of the molecule is CC(C)(C)CC(CNS(=O)(=O)CC1CCCCC1)C(=O)O. The number of hydrogen-bond acceptors (Lipinski definition) is 3. The standard InChI is InChI=1S/C15H29NO4S/c1-15(2,3)9-13(14(17)18)10-16-21(19,20)11-12-7-5-4-6-8-12/h12-13,16H,4-11H2,1-3H3,(H,17,18). The van der Waals surface area contributed by atoms with Gasteiger partial charge in [-0.05, 0) is 30.6 Å². The summed E-state index contributed by atoms with van der Waals surface area (Å²) in [5.41, 5.74) is -0.141. The van der Waals surface area contributed by atoms with E-state index in [9.17, 15) is 18.3 Å². The first kappa shape index (κ1) is 18.4. The molecule has 1 rings (SSSR count). The highest BCUT2D eigenvalue weighted by Crippen LogP contribution is 2.26. The number of rotatable bonds is 7. The minimum absolute atomic E-state index is 0.0122. The Labute approximate surface area is 128 Å². The summed E-state index contributed by atoms with van der Waals surface area (Å²) in [6, 6.07) is 0. The van der Waals surface area contributed by atoms with Crippen molar-refractivity contribution in [3.63, 3.8) is 0 Å². The van der Waals surface area contributed by atoms with Crippen LogP contribution in [0.2, 0.25) is 0 Å². The maximum atomic E-state index is 12.1. The second-order valence-corrected chi connectivity index (χ2v) is 9.29. The van der Waals surface area contributed by atoms with Crippen LogP contribution in [0.4, 0.5) is 0 Å². The van der Waals surface area contributed by atoms with E-state index in [1.165, 1.54) is 6.42 Å². The third-order valence-corrected chi connectivity index (χ3v) is 5.45. The van der Waals surface area contributed by atoms with E-state index < -0.39 is 21.9 Å². The van der Waals surface area contributed by atoms with Crippen LogP contribution < -0.4 is 4.72 Å². The smallest absolute Gasteiger partial charge is 0.307 e. The van der Waals surface area contributed by atoms with Gasteiger partial charge in [0, 0.05) is 6.54 Å². The topological polar surface area (TPSA) is 83.5 Å². The Kier molecular flexibility index (Phi) is 6.66. The zero-order chi connectivity index (χ0) is 16.1. The Morgan fingerprint density at radius 1 is 1.24 bits per heavy atom. The van der Waals surface area contributed by atoms with E-state index in [0.29, 0.717) is 6.42 Å². The van der Waals surface area contributed by atoms with E-state index >= 15 is 0 Å². The third kappa shape index (κ3) is 7.81. The van der Waals surface area contributed by atoms with Gasteiger partial charge in [-0.3, -0.25) is 4.79 Å². The lowest BCUT2D eigenvalue weighted by Crippen LogP contribution is -2.37. The fraction of sp³-hybridized carbons (Fsp3) is 0.933. The van der Waals surface area contributed by atoms with Crippen molar-refractivity contribution >= 4 is 16.0 Å². The van der Waals surface area contributed by atoms with Crippen LogP contribution in [0.1, 0.15) is 59.3 Å². The number of nitrogens with one attached hydrogen (secondary N) is 1. The molecule has 0 amide bonds. The Morgan fingerprint density at radius 2 is 1.81 bits per heavy atom. The number of carboxylic acids is 1. The first-order valence-corrected chi connectivity index (χ1v) is 9.44. The van der Waals surface area contributed by atoms with Gasteiger partial charge in [-0.2, -0.15) is 0 Å². The number of aliphatic carboxylic acids is 1. The van der Waals surface area contributed by atoms with Gasteiger partial charge in [0.05, 0.1) is 11.7 Å². The molecule has 6 heteroatoms. The van der Waals surface area contributed by atoms with Crippen molar-refractivity contribution < 1.29 is 18.3 Å². The molecule has 5 nitrogen and oxygen atoms in total. The Hall–Kier alpha value is -0.620. The van der Waals surface area contributed by atoms with Crippen LogP contribution in [0.5, 0.6) is 0 Å². The predicted molar refractivity (Wildman–Crippen MR) is 83.6 cm³/mol. The highest BCUT2D eigenvalue weighted by Gasteiger charge is 2.27. The van der Waals surface area contributed by atoms with Gasteiger partial charge >= 0.3 is 5.97 Å². The minimum Gasteiger partial charge on any atom is -0.481 e. The average Bonchev–Trinajstić information content (AvgIpc) is 2.33. The van der Waals surface area contributed by atoms with Crippen LogP contribution in [0.25, 0.3) is 0 Å². The van der Waals surface area contributed by atoms with E-state index in [1.54, 1.807) is 0 Å². The van der Waals surface area contributed by atoms with Gasteiger partial charge in [0.25, 0.3) is 0 Å². The Balaban J connectivity index is 2.51. The van der Waals surface area contributed by atoms with Crippen molar-refractivity contribution in [2.24, 2.45) is 17.3 Å². The zero-order valence-electron chi connectivity index (χ0n) is 13.4. The molecule has 0 aromatic carbocycles. The summed E-state index contributed by atoms with van der Waals surface area (Å²) in [6.07, 6.45) is 5.77. The van der Waals surface area contributed by atoms with Gasteiger partial charge < -0.3 is 5.11 Å². The van der Waals surface area contributed by atoms with Crippen LogP contribution in [-0.4, -0.2) is 31.8 Å². The summed E-state index contributed by atoms with van der Waals surface area (Å²) >= 11 is 0. The van der Waals surface area contributed by atoms with Gasteiger partial charge in [0.15, 0.2) is 0 Å². The zero-order valence-corrected chi connectivity index (χ0v) is 14.2. The molecule has 1 aliphatic carbocycles. The van der Waals surface area contributed by atoms with Gasteiger partial charge in [0.2, 0.25) is 10.0 Å². The summed E-state index contributed by atoms with van der Waals surface area (Å²) in [5, 5.41) is 9.22. The number of carboxylic acid groups (broad SMARTS) is 1. The first-order chi connectivity index (χ1) is 9.59. The van der Waals surface area contributed by atoms with Crippen LogP contribution in [-0.2, 0) is 14.8 Å². The van der Waals surface area contributed by atoms with Crippen LogP contribution >= 0.6 is 0 Å². The van der Waals surface area contributed by atoms with Crippen molar-refractivity contribution in [3.05, 3.63) is 0 Å². The normalized spacial score (nSPS) is 19.4. The first-order valence-electron chi connectivity index (χ1n) is 7.79. The van der Waals surface area contributed by atoms with Gasteiger partial charge in [-0.1, -0.05) is 40.0 Å². The summed E-state index contributed by atoms with van der Waals surface area (Å²) in [6.45, 7) is 5.86. The number of sulfonamides is 1. The number of hydrogen-bond donors (Lipinski definition) is 2. The summed E-state index contributed by atoms with van der Waals surface area (Å²) in [7, 11) is -3.38. The second kappa shape index (κ2) is 7.58. The lowest BCUT2D eigenvalue weighted by molar-refractivity contribution is -0.142. The fourth-order valence-corrected chi connectivity index (χ4v) is 4.46. The molecule has 0 bridgehead atoms. The van der Waals surface area contributed by atoms with E-state index in [1.807, 2.05) is 20.8 Å². The molecule has 0 saturated heterocycles. The summed E-state index contributed by atoms with van der Waals surface area (Å²) in [4.78, 5) is 11.2. The molecule has 0 heterocycles. The maximum absolute atomic E-state index is 12.1. The van der Waals surface area contributed by atoms with Gasteiger partial charge in [-0.25, -0.2) is 13.1 Å². The minimum atomic E-state index is -3.38. The van der Waals surface area contributed by atoms with Crippen LogP contribution in [0, 0.1) is 17.3 Å². The molecule has 21 heavy (non-hydrogen) atoms. The van der Waals surface area contributed by atoms with Gasteiger partial charge in [0.1, 0.15) is 0 Å². The van der Waals surface area contributed by atoms with Gasteiger partial charge in [-0.15, -0.1) is 0 Å². The van der Waals surface area contributed by atoms with Crippen LogP contribution in [0.15, 0.2) is 0 Å². The van der Waals surface area contributed by atoms with E-state index in [2.05, 4.69) is 4.72 Å². The van der Waals surface area contributed by atoms with E-state index in [-0.39, 0.29) is 23.6 Å². The maximum Gasteiger partial charge on any atom is 0.307 e. The summed E-state index contributed by atoms with van der Waals surface area (Å²) < 4.78 is 26.7. The highest BCUT2D eigenvalue weighted by molar-refractivity contribution is 7.89. The summed E-state index contributed by atoms with van der Waals surface area (Å²) in [5.74, 6) is -1.26. The quantitative estimate of drug-likeness (QED) is 0.755. The van der Waals surface area contributed by atoms with Crippen LogP contribution in [0.3, 0.4) is 0 Å². The van der Waals surface area contributed by atoms with Crippen molar-refractivity contribution in [1.29, 1.82) is 0 Å². The lowest BCUT2D eigenvalue weighted by Gasteiger charge is -2.24. The molecule has 1 atom stereocenters. The molecule has 2 N–H and O–H groups in total. The molecule has 0 spiro atoms. The molecule has 1 fully saturated rings. The third-order valence-electron chi connectivity index (χ3n) is 3.94. The fourth-order valence-electron chi connectivity index (χ4n) is 2.94. The molecular formula is C15H29NO4S.